The zero-order valence-corrected chi connectivity index (χ0v) is 9.15. The molecular formula is C13H17NO. The van der Waals surface area contributed by atoms with E-state index in [0.29, 0.717) is 5.91 Å². The Bertz CT molecular complexity index is 334. The topological polar surface area (TPSA) is 20.3 Å². The van der Waals surface area contributed by atoms with Gasteiger partial charge in [0.05, 0.1) is 0 Å². The van der Waals surface area contributed by atoms with Crippen LogP contribution in [0, 0.1) is 5.92 Å². The van der Waals surface area contributed by atoms with Crippen molar-refractivity contribution in [1.82, 2.24) is 4.90 Å². The number of likely N-dealkylation sites (tertiary alicyclic amines) is 1. The third kappa shape index (κ3) is 2.38. The summed E-state index contributed by atoms with van der Waals surface area (Å²) in [4.78, 5) is 13.8. The van der Waals surface area contributed by atoms with Crippen molar-refractivity contribution in [3.8, 4) is 0 Å². The van der Waals surface area contributed by atoms with Crippen molar-refractivity contribution >= 4 is 5.91 Å². The van der Waals surface area contributed by atoms with E-state index in [9.17, 15) is 4.79 Å². The first-order chi connectivity index (χ1) is 7.27. The van der Waals surface area contributed by atoms with E-state index >= 15 is 0 Å². The van der Waals surface area contributed by atoms with E-state index in [0.717, 1.165) is 25.9 Å². The number of hydrogen-bond donors (Lipinski definition) is 0. The molecule has 0 unspecified atom stereocenters. The van der Waals surface area contributed by atoms with Crippen LogP contribution in [-0.4, -0.2) is 17.4 Å². The van der Waals surface area contributed by atoms with Crippen molar-refractivity contribution in [2.24, 2.45) is 5.92 Å². The highest BCUT2D eigenvalue weighted by Gasteiger charge is 2.24. The Morgan fingerprint density at radius 2 is 2.07 bits per heavy atom. The third-order valence-corrected chi connectivity index (χ3v) is 3.01. The first-order valence-electron chi connectivity index (χ1n) is 5.60. The van der Waals surface area contributed by atoms with Crippen molar-refractivity contribution in [1.29, 1.82) is 0 Å². The molecule has 1 heterocycles. The van der Waals surface area contributed by atoms with E-state index in [1.54, 1.807) is 0 Å². The van der Waals surface area contributed by atoms with Crippen LogP contribution in [0.5, 0.6) is 0 Å². The first-order valence-corrected chi connectivity index (χ1v) is 5.60. The highest BCUT2D eigenvalue weighted by molar-refractivity contribution is 5.79. The Kier molecular flexibility index (Phi) is 3.05. The fourth-order valence-electron chi connectivity index (χ4n) is 2.09. The molecule has 1 saturated heterocycles. The van der Waals surface area contributed by atoms with Crippen LogP contribution in [0.25, 0.3) is 0 Å². The van der Waals surface area contributed by atoms with E-state index < -0.39 is 0 Å². The molecule has 0 saturated carbocycles. The van der Waals surface area contributed by atoms with Crippen molar-refractivity contribution in [2.75, 3.05) is 6.54 Å². The number of hydrogen-bond acceptors (Lipinski definition) is 1. The smallest absolute Gasteiger partial charge is 0.225 e. The molecule has 1 aromatic carbocycles. The van der Waals surface area contributed by atoms with Crippen molar-refractivity contribution < 1.29 is 4.79 Å². The highest BCUT2D eigenvalue weighted by atomic mass is 16.2. The number of carbonyl (C=O) groups excluding carboxylic acids is 1. The maximum absolute atomic E-state index is 11.9. The predicted molar refractivity (Wildman–Crippen MR) is 60.3 cm³/mol. The van der Waals surface area contributed by atoms with Crippen LogP contribution >= 0.6 is 0 Å². The molecule has 80 valence electrons. The van der Waals surface area contributed by atoms with Gasteiger partial charge in [0.25, 0.3) is 0 Å². The predicted octanol–water partition coefficient (Wildman–Crippen LogP) is 2.45. The molecule has 1 amide bonds. The Hall–Kier alpha value is -1.31. The zero-order chi connectivity index (χ0) is 10.7. The van der Waals surface area contributed by atoms with Gasteiger partial charge in [0.15, 0.2) is 0 Å². The van der Waals surface area contributed by atoms with Crippen molar-refractivity contribution in [2.45, 2.75) is 26.3 Å². The Morgan fingerprint density at radius 3 is 2.80 bits per heavy atom. The molecule has 2 rings (SSSR count). The summed E-state index contributed by atoms with van der Waals surface area (Å²) in [6, 6.07) is 10.2. The Labute approximate surface area is 90.9 Å². The second-order valence-corrected chi connectivity index (χ2v) is 4.29. The van der Waals surface area contributed by atoms with Crippen LogP contribution in [0.4, 0.5) is 0 Å². The van der Waals surface area contributed by atoms with Gasteiger partial charge in [-0.3, -0.25) is 4.79 Å². The van der Waals surface area contributed by atoms with Crippen LogP contribution in [0.3, 0.4) is 0 Å². The fourth-order valence-corrected chi connectivity index (χ4v) is 2.09. The average molecular weight is 203 g/mol. The number of piperidine rings is 1. The van der Waals surface area contributed by atoms with Crippen LogP contribution < -0.4 is 0 Å². The van der Waals surface area contributed by atoms with Crippen molar-refractivity contribution in [3.05, 3.63) is 35.9 Å². The number of nitrogens with zero attached hydrogens (tertiary/aromatic N) is 1. The molecule has 2 nitrogen and oxygen atoms in total. The number of rotatable bonds is 2. The van der Waals surface area contributed by atoms with Gasteiger partial charge in [-0.05, 0) is 18.4 Å². The maximum Gasteiger partial charge on any atom is 0.225 e. The first kappa shape index (κ1) is 10.2. The second kappa shape index (κ2) is 4.47. The summed E-state index contributed by atoms with van der Waals surface area (Å²) in [6.45, 7) is 3.71. The van der Waals surface area contributed by atoms with Gasteiger partial charge >= 0.3 is 0 Å². The van der Waals surface area contributed by atoms with Crippen molar-refractivity contribution in [3.63, 3.8) is 0 Å². The molecule has 0 spiro atoms. The highest BCUT2D eigenvalue weighted by Crippen LogP contribution is 2.19. The molecule has 0 aromatic heterocycles. The second-order valence-electron chi connectivity index (χ2n) is 4.29. The lowest BCUT2D eigenvalue weighted by atomic mass is 9.99. The van der Waals surface area contributed by atoms with Gasteiger partial charge in [-0.25, -0.2) is 0 Å². The molecule has 15 heavy (non-hydrogen) atoms. The lowest BCUT2D eigenvalue weighted by Crippen LogP contribution is -2.39. The van der Waals surface area contributed by atoms with Crippen LogP contribution in [0.2, 0.25) is 0 Å². The SMILES string of the molecule is C[C@@H]1CCCN(Cc2ccccc2)C1=O. The molecule has 0 aliphatic carbocycles. The maximum atomic E-state index is 11.9. The summed E-state index contributed by atoms with van der Waals surface area (Å²) in [5.74, 6) is 0.521. The lowest BCUT2D eigenvalue weighted by molar-refractivity contribution is -0.138. The summed E-state index contributed by atoms with van der Waals surface area (Å²) >= 11 is 0. The quantitative estimate of drug-likeness (QED) is 0.723. The van der Waals surface area contributed by atoms with Gasteiger partial charge in [-0.1, -0.05) is 37.3 Å². The number of amides is 1. The third-order valence-electron chi connectivity index (χ3n) is 3.01. The van der Waals surface area contributed by atoms with Crippen LogP contribution in [0.1, 0.15) is 25.3 Å². The summed E-state index contributed by atoms with van der Waals surface area (Å²) in [7, 11) is 0. The molecule has 1 aliphatic heterocycles. The van der Waals surface area contributed by atoms with Gasteiger partial charge in [-0.15, -0.1) is 0 Å². The van der Waals surface area contributed by atoms with Gasteiger partial charge < -0.3 is 4.90 Å². The molecule has 1 aliphatic rings. The summed E-state index contributed by atoms with van der Waals surface area (Å²) < 4.78 is 0. The van der Waals surface area contributed by atoms with Crippen LogP contribution in [-0.2, 0) is 11.3 Å². The monoisotopic (exact) mass is 203 g/mol. The molecule has 0 radical (unpaired) electrons. The average Bonchev–Trinajstić information content (AvgIpc) is 2.26. The Balaban J connectivity index is 2.03. The molecule has 1 fully saturated rings. The molecule has 0 bridgehead atoms. The van der Waals surface area contributed by atoms with Gasteiger partial charge in [0.1, 0.15) is 0 Å². The van der Waals surface area contributed by atoms with Gasteiger partial charge in [0.2, 0.25) is 5.91 Å². The lowest BCUT2D eigenvalue weighted by Gasteiger charge is -2.30. The minimum atomic E-state index is 0.211. The van der Waals surface area contributed by atoms with Gasteiger partial charge in [0, 0.05) is 19.0 Å². The van der Waals surface area contributed by atoms with Crippen LogP contribution in [0.15, 0.2) is 30.3 Å². The van der Waals surface area contributed by atoms with Gasteiger partial charge in [-0.2, -0.15) is 0 Å². The zero-order valence-electron chi connectivity index (χ0n) is 9.15. The summed E-state index contributed by atoms with van der Waals surface area (Å²) in [5.41, 5.74) is 1.22. The standard InChI is InChI=1S/C13H17NO/c1-11-6-5-9-14(13(11)15)10-12-7-3-2-4-8-12/h2-4,7-8,11H,5-6,9-10H2,1H3/t11-/m1/s1. The molecule has 1 aromatic rings. The minimum Gasteiger partial charge on any atom is -0.338 e. The Morgan fingerprint density at radius 1 is 1.33 bits per heavy atom. The van der Waals surface area contributed by atoms with E-state index in [1.807, 2.05) is 30.0 Å². The normalized spacial score (nSPS) is 21.8. The summed E-state index contributed by atoms with van der Waals surface area (Å²) in [6.07, 6.45) is 2.18. The molecular weight excluding hydrogens is 186 g/mol. The number of carbonyl (C=O) groups is 1. The molecule has 2 heteroatoms. The van der Waals surface area contributed by atoms with E-state index in [-0.39, 0.29) is 5.92 Å². The van der Waals surface area contributed by atoms with E-state index in [2.05, 4.69) is 12.1 Å². The number of benzene rings is 1. The molecule has 1 atom stereocenters. The fraction of sp³-hybridized carbons (Fsp3) is 0.462. The molecule has 0 N–H and O–H groups in total. The van der Waals surface area contributed by atoms with E-state index in [4.69, 9.17) is 0 Å². The largest absolute Gasteiger partial charge is 0.338 e. The minimum absolute atomic E-state index is 0.211. The summed E-state index contributed by atoms with van der Waals surface area (Å²) in [5, 5.41) is 0. The van der Waals surface area contributed by atoms with E-state index in [1.165, 1.54) is 5.56 Å².